The van der Waals surface area contributed by atoms with E-state index in [0.29, 0.717) is 27.8 Å². The van der Waals surface area contributed by atoms with Crippen LogP contribution in [0.4, 0.5) is 5.69 Å². The van der Waals surface area contributed by atoms with E-state index in [1.54, 1.807) is 84.9 Å². The van der Waals surface area contributed by atoms with Crippen molar-refractivity contribution in [2.24, 2.45) is 0 Å². The predicted octanol–water partition coefficient (Wildman–Crippen LogP) is 6.12. The summed E-state index contributed by atoms with van der Waals surface area (Å²) in [5.41, 5.74) is 1.75. The third-order valence-electron chi connectivity index (χ3n) is 5.59. The third-order valence-corrected chi connectivity index (χ3v) is 5.59. The van der Waals surface area contributed by atoms with Gasteiger partial charge >= 0.3 is 5.97 Å². The number of fused-ring (bicyclic) bond motifs is 1. The zero-order valence-electron chi connectivity index (χ0n) is 18.3. The first kappa shape index (κ1) is 21.8. The average molecular weight is 462 g/mol. The molecule has 5 aromatic rings. The lowest BCUT2D eigenvalue weighted by atomic mass is 10.1. The van der Waals surface area contributed by atoms with Gasteiger partial charge in [-0.2, -0.15) is 0 Å². The number of benzene rings is 4. The molecule has 35 heavy (non-hydrogen) atoms. The highest BCUT2D eigenvalue weighted by molar-refractivity contribution is 6.10. The summed E-state index contributed by atoms with van der Waals surface area (Å²) >= 11 is 0. The van der Waals surface area contributed by atoms with Crippen molar-refractivity contribution in [3.05, 3.63) is 130 Å². The first-order chi connectivity index (χ1) is 17.0. The smallest absolute Gasteiger partial charge is 0.343 e. The van der Waals surface area contributed by atoms with Gasteiger partial charge in [0.15, 0.2) is 5.75 Å². The van der Waals surface area contributed by atoms with Crippen LogP contribution >= 0.6 is 0 Å². The minimum Gasteiger partial charge on any atom is -0.420 e. The molecule has 0 fully saturated rings. The lowest BCUT2D eigenvalue weighted by Crippen LogP contribution is -2.14. The number of non-ortho nitro benzene ring substituents is 1. The number of aromatic nitrogens is 1. The summed E-state index contributed by atoms with van der Waals surface area (Å²) in [5, 5.41) is 12.0. The van der Waals surface area contributed by atoms with Crippen LogP contribution in [0.1, 0.15) is 20.7 Å². The molecule has 0 N–H and O–H groups in total. The molecule has 0 atom stereocenters. The molecule has 7 nitrogen and oxygen atoms in total. The monoisotopic (exact) mass is 462 g/mol. The Balaban J connectivity index is 1.82. The van der Waals surface area contributed by atoms with Gasteiger partial charge < -0.3 is 4.74 Å². The highest BCUT2D eigenvalue weighted by atomic mass is 16.6. The zero-order chi connectivity index (χ0) is 24.4. The second-order valence-electron chi connectivity index (χ2n) is 7.76. The fourth-order valence-electron chi connectivity index (χ4n) is 3.97. The lowest BCUT2D eigenvalue weighted by Gasteiger charge is -2.12. The van der Waals surface area contributed by atoms with E-state index in [4.69, 9.17) is 4.74 Å². The molecule has 4 aromatic carbocycles. The number of esters is 1. The quantitative estimate of drug-likeness (QED) is 0.178. The fraction of sp³-hybridized carbons (Fsp3) is 0. The Hall–Kier alpha value is -5.04. The summed E-state index contributed by atoms with van der Waals surface area (Å²) in [6.07, 6.45) is 0. The molecule has 0 radical (unpaired) electrons. The summed E-state index contributed by atoms with van der Waals surface area (Å²) in [4.78, 5) is 37.8. The average Bonchev–Trinajstić information content (AvgIpc) is 3.22. The minimum atomic E-state index is -0.604. The maximum atomic E-state index is 13.8. The molecule has 0 saturated heterocycles. The summed E-state index contributed by atoms with van der Waals surface area (Å²) in [7, 11) is 0. The number of hydrogen-bond acceptors (Lipinski definition) is 5. The van der Waals surface area contributed by atoms with Crippen molar-refractivity contribution in [1.29, 1.82) is 0 Å². The maximum absolute atomic E-state index is 13.8. The standard InChI is InChI=1S/C28H18N2O5/c31-27(20-12-6-2-7-13-20)29-24-18-22(30(33)34)16-17-23(24)26(25(29)19-10-4-1-5-11-19)35-28(32)21-14-8-3-9-15-21/h1-18H. The van der Waals surface area contributed by atoms with Crippen LogP contribution in [0.5, 0.6) is 5.75 Å². The zero-order valence-corrected chi connectivity index (χ0v) is 18.3. The fourth-order valence-corrected chi connectivity index (χ4v) is 3.97. The van der Waals surface area contributed by atoms with Crippen molar-refractivity contribution >= 4 is 28.5 Å². The molecule has 0 aliphatic rings. The van der Waals surface area contributed by atoms with Gasteiger partial charge in [-0.05, 0) is 30.3 Å². The Labute approximate surface area is 200 Å². The van der Waals surface area contributed by atoms with Gasteiger partial charge in [-0.3, -0.25) is 19.5 Å². The van der Waals surface area contributed by atoms with Gasteiger partial charge in [0, 0.05) is 28.6 Å². The summed E-state index contributed by atoms with van der Waals surface area (Å²) in [6.45, 7) is 0. The molecule has 1 aromatic heterocycles. The molecule has 0 bridgehead atoms. The van der Waals surface area contributed by atoms with Crippen molar-refractivity contribution < 1.29 is 19.2 Å². The van der Waals surface area contributed by atoms with Crippen molar-refractivity contribution in [3.63, 3.8) is 0 Å². The molecule has 0 unspecified atom stereocenters. The van der Waals surface area contributed by atoms with Crippen molar-refractivity contribution in [1.82, 2.24) is 4.57 Å². The van der Waals surface area contributed by atoms with E-state index in [-0.39, 0.29) is 17.0 Å². The highest BCUT2D eigenvalue weighted by Crippen LogP contribution is 2.42. The summed E-state index contributed by atoms with van der Waals surface area (Å²) in [6, 6.07) is 30.2. The molecular weight excluding hydrogens is 444 g/mol. The second-order valence-corrected chi connectivity index (χ2v) is 7.76. The first-order valence-electron chi connectivity index (χ1n) is 10.8. The first-order valence-corrected chi connectivity index (χ1v) is 10.8. The van der Waals surface area contributed by atoms with Crippen LogP contribution in [-0.2, 0) is 0 Å². The minimum absolute atomic E-state index is 0.152. The van der Waals surface area contributed by atoms with E-state index < -0.39 is 16.8 Å². The van der Waals surface area contributed by atoms with Crippen molar-refractivity contribution in [2.75, 3.05) is 0 Å². The maximum Gasteiger partial charge on any atom is 0.343 e. The normalized spacial score (nSPS) is 10.7. The van der Waals surface area contributed by atoms with Crippen LogP contribution in [0.3, 0.4) is 0 Å². The number of nitrogens with zero attached hydrogens (tertiary/aromatic N) is 2. The molecule has 0 spiro atoms. The van der Waals surface area contributed by atoms with Crippen LogP contribution in [0, 0.1) is 10.1 Å². The van der Waals surface area contributed by atoms with Crippen molar-refractivity contribution in [2.45, 2.75) is 0 Å². The van der Waals surface area contributed by atoms with Gasteiger partial charge in [0.2, 0.25) is 0 Å². The predicted molar refractivity (Wildman–Crippen MR) is 132 cm³/mol. The molecule has 7 heteroatoms. The Morgan fingerprint density at radius 2 is 1.31 bits per heavy atom. The van der Waals surface area contributed by atoms with Crippen LogP contribution in [0.2, 0.25) is 0 Å². The summed E-state index contributed by atoms with van der Waals surface area (Å²) < 4.78 is 7.26. The molecule has 0 saturated carbocycles. The van der Waals surface area contributed by atoms with Crippen molar-refractivity contribution in [3.8, 4) is 17.0 Å². The van der Waals surface area contributed by atoms with Gasteiger partial charge in [0.05, 0.1) is 21.7 Å². The molecule has 0 amide bonds. The van der Waals surface area contributed by atoms with E-state index in [1.807, 2.05) is 6.07 Å². The molecular formula is C28H18N2O5. The van der Waals surface area contributed by atoms with E-state index in [1.165, 1.54) is 22.8 Å². The number of carbonyl (C=O) groups is 2. The van der Waals surface area contributed by atoms with E-state index in [2.05, 4.69) is 0 Å². The number of nitro benzene ring substituents is 1. The highest BCUT2D eigenvalue weighted by Gasteiger charge is 2.28. The lowest BCUT2D eigenvalue weighted by molar-refractivity contribution is -0.384. The molecule has 1 heterocycles. The van der Waals surface area contributed by atoms with Gasteiger partial charge in [0.25, 0.3) is 11.6 Å². The van der Waals surface area contributed by atoms with Crippen LogP contribution in [-0.4, -0.2) is 21.4 Å². The molecule has 0 aliphatic heterocycles. The number of nitro groups is 1. The SMILES string of the molecule is O=C(Oc1c(-c2ccccc2)n(C(=O)c2ccccc2)c2cc([N+](=O)[O-])ccc12)c1ccccc1. The largest absolute Gasteiger partial charge is 0.420 e. The van der Waals surface area contributed by atoms with E-state index in [9.17, 15) is 19.7 Å². The van der Waals surface area contributed by atoms with Crippen LogP contribution in [0.15, 0.2) is 109 Å². The third kappa shape index (κ3) is 4.06. The molecule has 0 aliphatic carbocycles. The second kappa shape index (κ2) is 9.07. The van der Waals surface area contributed by atoms with Gasteiger partial charge in [-0.15, -0.1) is 0 Å². The number of rotatable bonds is 5. The molecule has 5 rings (SSSR count). The van der Waals surface area contributed by atoms with E-state index >= 15 is 0 Å². The Kier molecular flexibility index (Phi) is 5.65. The van der Waals surface area contributed by atoms with Gasteiger partial charge in [-0.25, -0.2) is 4.79 Å². The Morgan fingerprint density at radius 1 is 0.743 bits per heavy atom. The summed E-state index contributed by atoms with van der Waals surface area (Å²) in [5.74, 6) is -0.858. The van der Waals surface area contributed by atoms with Crippen LogP contribution < -0.4 is 4.74 Å². The Bertz CT molecular complexity index is 1560. The number of hydrogen-bond donors (Lipinski definition) is 0. The number of ether oxygens (including phenoxy) is 1. The number of carbonyl (C=O) groups excluding carboxylic acids is 2. The van der Waals surface area contributed by atoms with Gasteiger partial charge in [-0.1, -0.05) is 66.7 Å². The van der Waals surface area contributed by atoms with E-state index in [0.717, 1.165) is 0 Å². The Morgan fingerprint density at radius 3 is 1.91 bits per heavy atom. The van der Waals surface area contributed by atoms with Gasteiger partial charge in [0.1, 0.15) is 0 Å². The molecule has 170 valence electrons. The topological polar surface area (TPSA) is 91.4 Å². The van der Waals surface area contributed by atoms with Crippen LogP contribution in [0.25, 0.3) is 22.2 Å².